The van der Waals surface area contributed by atoms with Crippen molar-refractivity contribution >= 4 is 17.1 Å². The number of carbonyl (C=O) groups excluding carboxylic acids is 1. The molecule has 3 N–H and O–H groups in total. The van der Waals surface area contributed by atoms with Crippen LogP contribution >= 0.6 is 0 Å². The number of rotatable bonds is 2. The molecule has 0 aromatic carbocycles. The van der Waals surface area contributed by atoms with Crippen molar-refractivity contribution in [1.82, 2.24) is 19.9 Å². The molecule has 0 saturated carbocycles. The van der Waals surface area contributed by atoms with Gasteiger partial charge in [0.25, 0.3) is 5.56 Å². The topological polar surface area (TPSA) is 121 Å². The number of H-pyrrole nitrogens is 3. The molecule has 19 heavy (non-hydrogen) atoms. The molecule has 0 spiro atoms. The summed E-state index contributed by atoms with van der Waals surface area (Å²) in [5.41, 5.74) is -1.54. The predicted octanol–water partition coefficient (Wildman–Crippen LogP) is 0.0288. The minimum Gasteiger partial charge on any atom is -0.457 e. The van der Waals surface area contributed by atoms with Gasteiger partial charge in [-0.3, -0.25) is 19.6 Å². The summed E-state index contributed by atoms with van der Waals surface area (Å²) in [6.07, 6.45) is 0. The average Bonchev–Trinajstić information content (AvgIpc) is 2.67. The molecule has 0 atom stereocenters. The number of nitrogens with zero attached hydrogens (tertiary/aromatic N) is 1. The Kier molecular flexibility index (Phi) is 3.01. The zero-order chi connectivity index (χ0) is 14.2. The Balaban J connectivity index is 2.24. The molecule has 2 aromatic rings. The Morgan fingerprint density at radius 3 is 2.53 bits per heavy atom. The van der Waals surface area contributed by atoms with E-state index >= 15 is 0 Å². The summed E-state index contributed by atoms with van der Waals surface area (Å²) >= 11 is 0. The smallest absolute Gasteiger partial charge is 0.327 e. The summed E-state index contributed by atoms with van der Waals surface area (Å²) in [7, 11) is 0. The Morgan fingerprint density at radius 1 is 1.21 bits per heavy atom. The first-order valence-electron chi connectivity index (χ1n) is 5.66. The second-order valence-corrected chi connectivity index (χ2v) is 5.14. The summed E-state index contributed by atoms with van der Waals surface area (Å²) in [4.78, 5) is 45.2. The van der Waals surface area contributed by atoms with Crippen LogP contribution in [0.15, 0.2) is 9.59 Å². The van der Waals surface area contributed by atoms with Gasteiger partial charge >= 0.3 is 11.7 Å². The summed E-state index contributed by atoms with van der Waals surface area (Å²) in [6, 6.07) is 0. The second kappa shape index (κ2) is 4.38. The summed E-state index contributed by atoms with van der Waals surface area (Å²) in [6.45, 7) is 5.11. The highest BCUT2D eigenvalue weighted by Gasteiger charge is 2.23. The number of nitrogens with one attached hydrogen (secondary N) is 3. The van der Waals surface area contributed by atoms with E-state index in [-0.39, 0.29) is 23.7 Å². The van der Waals surface area contributed by atoms with Crippen LogP contribution in [0.5, 0.6) is 0 Å². The van der Waals surface area contributed by atoms with Crippen molar-refractivity contribution in [2.24, 2.45) is 5.41 Å². The normalized spacial score (nSPS) is 11.7. The van der Waals surface area contributed by atoms with E-state index in [1.165, 1.54) is 0 Å². The van der Waals surface area contributed by atoms with Crippen molar-refractivity contribution in [3.05, 3.63) is 26.7 Å². The van der Waals surface area contributed by atoms with Gasteiger partial charge in [0.15, 0.2) is 5.65 Å². The standard InChI is InChI=1S/C11H14N4O4/c1-11(2,3)9(17)19-4-5-12-6-7(13-5)14-10(18)15-8(6)16/h4H2,1-3H3,(H3,12,13,14,15,16,18). The highest BCUT2D eigenvalue weighted by Crippen LogP contribution is 2.16. The van der Waals surface area contributed by atoms with E-state index in [4.69, 9.17) is 4.74 Å². The van der Waals surface area contributed by atoms with E-state index in [9.17, 15) is 14.4 Å². The molecule has 2 heterocycles. The first-order valence-corrected chi connectivity index (χ1v) is 5.66. The van der Waals surface area contributed by atoms with Crippen LogP contribution in [0.25, 0.3) is 11.2 Å². The van der Waals surface area contributed by atoms with Crippen molar-refractivity contribution in [3.63, 3.8) is 0 Å². The molecular formula is C11H14N4O4. The predicted molar refractivity (Wildman–Crippen MR) is 66.6 cm³/mol. The fraction of sp³-hybridized carbons (Fsp3) is 0.455. The number of hydrogen-bond acceptors (Lipinski definition) is 5. The number of aromatic amines is 3. The average molecular weight is 266 g/mol. The lowest BCUT2D eigenvalue weighted by Gasteiger charge is -2.15. The number of aromatic nitrogens is 4. The van der Waals surface area contributed by atoms with E-state index in [0.717, 1.165) is 0 Å². The van der Waals surface area contributed by atoms with Crippen LogP contribution in [-0.2, 0) is 16.1 Å². The highest BCUT2D eigenvalue weighted by atomic mass is 16.5. The second-order valence-electron chi connectivity index (χ2n) is 5.14. The van der Waals surface area contributed by atoms with E-state index in [2.05, 4.69) is 19.9 Å². The minimum atomic E-state index is -0.637. The van der Waals surface area contributed by atoms with Gasteiger partial charge in [-0.15, -0.1) is 0 Å². The quantitative estimate of drug-likeness (QED) is 0.662. The number of esters is 1. The number of hydrogen-bond donors (Lipinski definition) is 3. The zero-order valence-electron chi connectivity index (χ0n) is 10.8. The Bertz CT molecular complexity index is 731. The number of ether oxygens (including phenoxy) is 1. The molecular weight excluding hydrogens is 252 g/mol. The van der Waals surface area contributed by atoms with E-state index in [0.29, 0.717) is 5.82 Å². The molecule has 2 rings (SSSR count). The molecule has 0 aliphatic heterocycles. The van der Waals surface area contributed by atoms with Crippen LogP contribution in [0, 0.1) is 5.41 Å². The number of carbonyl (C=O) groups is 1. The molecule has 2 aromatic heterocycles. The lowest BCUT2D eigenvalue weighted by Crippen LogP contribution is -2.22. The Labute approximate surface area is 107 Å². The third-order valence-corrected chi connectivity index (χ3v) is 2.39. The molecule has 0 saturated heterocycles. The minimum absolute atomic E-state index is 0.0910. The van der Waals surface area contributed by atoms with Gasteiger partial charge in [0.2, 0.25) is 0 Å². The third-order valence-electron chi connectivity index (χ3n) is 2.39. The molecule has 0 amide bonds. The van der Waals surface area contributed by atoms with Crippen LogP contribution in [0.2, 0.25) is 0 Å². The summed E-state index contributed by atoms with van der Waals surface area (Å²) < 4.78 is 5.06. The molecule has 8 nitrogen and oxygen atoms in total. The van der Waals surface area contributed by atoms with Crippen molar-refractivity contribution in [3.8, 4) is 0 Å². The summed E-state index contributed by atoms with van der Waals surface area (Å²) in [5.74, 6) is -0.0877. The van der Waals surface area contributed by atoms with Gasteiger partial charge < -0.3 is 9.72 Å². The van der Waals surface area contributed by atoms with Gasteiger partial charge in [-0.05, 0) is 20.8 Å². The first kappa shape index (κ1) is 13.1. The van der Waals surface area contributed by atoms with Gasteiger partial charge in [-0.2, -0.15) is 0 Å². The maximum absolute atomic E-state index is 11.6. The Morgan fingerprint density at radius 2 is 1.89 bits per heavy atom. The van der Waals surface area contributed by atoms with Crippen molar-refractivity contribution in [1.29, 1.82) is 0 Å². The largest absolute Gasteiger partial charge is 0.457 e. The molecule has 8 heteroatoms. The Hall–Kier alpha value is -2.38. The number of fused-ring (bicyclic) bond motifs is 1. The van der Waals surface area contributed by atoms with Gasteiger partial charge in [-0.1, -0.05) is 0 Å². The fourth-order valence-corrected chi connectivity index (χ4v) is 1.40. The lowest BCUT2D eigenvalue weighted by molar-refractivity contribution is -0.154. The zero-order valence-corrected chi connectivity index (χ0v) is 10.8. The molecule has 0 unspecified atom stereocenters. The lowest BCUT2D eigenvalue weighted by atomic mass is 9.97. The van der Waals surface area contributed by atoms with Crippen LogP contribution in [-0.4, -0.2) is 25.9 Å². The molecule has 102 valence electrons. The van der Waals surface area contributed by atoms with Crippen LogP contribution in [0.4, 0.5) is 0 Å². The van der Waals surface area contributed by atoms with Crippen LogP contribution in [0.3, 0.4) is 0 Å². The van der Waals surface area contributed by atoms with Gasteiger partial charge in [-0.25, -0.2) is 9.78 Å². The van der Waals surface area contributed by atoms with E-state index in [1.807, 2.05) is 0 Å². The molecule has 0 fully saturated rings. The maximum atomic E-state index is 11.6. The van der Waals surface area contributed by atoms with Gasteiger partial charge in [0, 0.05) is 0 Å². The van der Waals surface area contributed by atoms with Crippen LogP contribution in [0.1, 0.15) is 26.6 Å². The molecule has 0 radical (unpaired) electrons. The molecule has 0 aliphatic rings. The molecule has 0 aliphatic carbocycles. The summed E-state index contributed by atoms with van der Waals surface area (Å²) in [5, 5.41) is 0. The monoisotopic (exact) mass is 266 g/mol. The van der Waals surface area contributed by atoms with E-state index in [1.54, 1.807) is 20.8 Å². The van der Waals surface area contributed by atoms with E-state index < -0.39 is 16.7 Å². The molecule has 0 bridgehead atoms. The number of imidazole rings is 1. The highest BCUT2D eigenvalue weighted by molar-refractivity contribution is 5.75. The van der Waals surface area contributed by atoms with Crippen LogP contribution < -0.4 is 11.2 Å². The maximum Gasteiger partial charge on any atom is 0.327 e. The van der Waals surface area contributed by atoms with Crippen molar-refractivity contribution < 1.29 is 9.53 Å². The fourth-order valence-electron chi connectivity index (χ4n) is 1.40. The van der Waals surface area contributed by atoms with Crippen molar-refractivity contribution in [2.45, 2.75) is 27.4 Å². The SMILES string of the molecule is CC(C)(C)C(=O)OCc1nc2[nH]c(=O)[nH]c(=O)c2[nH]1. The first-order chi connectivity index (χ1) is 8.77. The van der Waals surface area contributed by atoms with Crippen molar-refractivity contribution in [2.75, 3.05) is 0 Å². The van der Waals surface area contributed by atoms with Gasteiger partial charge in [0.1, 0.15) is 17.9 Å². The third kappa shape index (κ3) is 2.72. The van der Waals surface area contributed by atoms with Gasteiger partial charge in [0.05, 0.1) is 5.41 Å².